The molecule has 1 aromatic carbocycles. The molecule has 2 atom stereocenters. The van der Waals surface area contributed by atoms with E-state index in [9.17, 15) is 5.11 Å². The molecule has 4 heteroatoms. The van der Waals surface area contributed by atoms with Gasteiger partial charge in [0.15, 0.2) is 0 Å². The second-order valence-corrected chi connectivity index (χ2v) is 5.08. The zero-order valence-electron chi connectivity index (χ0n) is 12.3. The van der Waals surface area contributed by atoms with E-state index in [0.29, 0.717) is 12.6 Å². The van der Waals surface area contributed by atoms with Crippen molar-refractivity contribution in [3.63, 3.8) is 0 Å². The zero-order chi connectivity index (χ0) is 14.5. The van der Waals surface area contributed by atoms with Crippen LogP contribution in [-0.4, -0.2) is 14.9 Å². The molecule has 1 heterocycles. The summed E-state index contributed by atoms with van der Waals surface area (Å²) < 4.78 is 7.69. The van der Waals surface area contributed by atoms with Gasteiger partial charge in [-0.3, -0.25) is 4.68 Å². The number of benzene rings is 1. The summed E-state index contributed by atoms with van der Waals surface area (Å²) in [6.07, 6.45) is 2.56. The van der Waals surface area contributed by atoms with Gasteiger partial charge in [0, 0.05) is 12.2 Å². The number of hydrogen-bond acceptors (Lipinski definition) is 3. The smallest absolute Gasteiger partial charge is 0.132 e. The van der Waals surface area contributed by atoms with E-state index in [1.807, 2.05) is 41.2 Å². The quantitative estimate of drug-likeness (QED) is 0.877. The fourth-order valence-electron chi connectivity index (χ4n) is 1.91. The Bertz CT molecular complexity index is 549. The lowest BCUT2D eigenvalue weighted by molar-refractivity contribution is 0.198. The lowest BCUT2D eigenvalue weighted by atomic mass is 10.1. The van der Waals surface area contributed by atoms with Gasteiger partial charge in [0.1, 0.15) is 12.4 Å². The summed E-state index contributed by atoms with van der Waals surface area (Å²) in [5.41, 5.74) is 1.76. The Morgan fingerprint density at radius 3 is 2.80 bits per heavy atom. The molecule has 0 saturated carbocycles. The number of aromatic nitrogens is 2. The standard InChI is InChI=1S/C16H22N2O2/c1-4-12(2)18-9-8-15(17-18)11-20-16-7-5-6-14(10-16)13(3)19/h5-10,12-13,19H,4,11H2,1-3H3/t12?,13-/m0/s1. The molecule has 0 fully saturated rings. The van der Waals surface area contributed by atoms with Crippen LogP contribution in [-0.2, 0) is 6.61 Å². The molecular weight excluding hydrogens is 252 g/mol. The maximum Gasteiger partial charge on any atom is 0.132 e. The first kappa shape index (κ1) is 14.6. The van der Waals surface area contributed by atoms with Crippen molar-refractivity contribution in [1.82, 2.24) is 9.78 Å². The number of rotatable bonds is 6. The number of aliphatic hydroxyl groups excluding tert-OH is 1. The Hall–Kier alpha value is -1.81. The third-order valence-electron chi connectivity index (χ3n) is 3.43. The number of nitrogens with zero attached hydrogens (tertiary/aromatic N) is 2. The molecule has 0 amide bonds. The molecule has 1 unspecified atom stereocenters. The predicted octanol–water partition coefficient (Wildman–Crippen LogP) is 3.49. The van der Waals surface area contributed by atoms with Crippen molar-refractivity contribution in [1.29, 1.82) is 0 Å². The van der Waals surface area contributed by atoms with Crippen LogP contribution in [0.4, 0.5) is 0 Å². The van der Waals surface area contributed by atoms with Crippen LogP contribution in [0.5, 0.6) is 5.75 Å². The fourth-order valence-corrected chi connectivity index (χ4v) is 1.91. The van der Waals surface area contributed by atoms with Crippen LogP contribution in [0.15, 0.2) is 36.5 Å². The summed E-state index contributed by atoms with van der Waals surface area (Å²) in [7, 11) is 0. The van der Waals surface area contributed by atoms with Gasteiger partial charge >= 0.3 is 0 Å². The van der Waals surface area contributed by atoms with E-state index in [1.54, 1.807) is 6.92 Å². The molecule has 0 aliphatic rings. The third-order valence-corrected chi connectivity index (χ3v) is 3.43. The average molecular weight is 274 g/mol. The average Bonchev–Trinajstić information content (AvgIpc) is 2.93. The van der Waals surface area contributed by atoms with Crippen molar-refractivity contribution in [2.75, 3.05) is 0 Å². The molecule has 0 aliphatic heterocycles. The highest BCUT2D eigenvalue weighted by molar-refractivity contribution is 5.29. The van der Waals surface area contributed by atoms with Crippen molar-refractivity contribution in [2.45, 2.75) is 45.9 Å². The Morgan fingerprint density at radius 1 is 1.30 bits per heavy atom. The molecule has 1 aromatic heterocycles. The monoisotopic (exact) mass is 274 g/mol. The van der Waals surface area contributed by atoms with Crippen molar-refractivity contribution in [3.8, 4) is 5.75 Å². The summed E-state index contributed by atoms with van der Waals surface area (Å²) in [5.74, 6) is 0.751. The van der Waals surface area contributed by atoms with Crippen LogP contribution in [0.2, 0.25) is 0 Å². The minimum Gasteiger partial charge on any atom is -0.487 e. The summed E-state index contributed by atoms with van der Waals surface area (Å²) in [6.45, 7) is 6.47. The first-order chi connectivity index (χ1) is 9.60. The van der Waals surface area contributed by atoms with Crippen LogP contribution in [0.25, 0.3) is 0 Å². The normalized spacial score (nSPS) is 14.0. The summed E-state index contributed by atoms with van der Waals surface area (Å²) >= 11 is 0. The highest BCUT2D eigenvalue weighted by Crippen LogP contribution is 2.19. The van der Waals surface area contributed by atoms with Gasteiger partial charge in [0.25, 0.3) is 0 Å². The highest BCUT2D eigenvalue weighted by Gasteiger charge is 2.06. The number of ether oxygens (including phenoxy) is 1. The molecule has 20 heavy (non-hydrogen) atoms. The molecule has 2 rings (SSSR count). The summed E-state index contributed by atoms with van der Waals surface area (Å²) in [6, 6.07) is 9.89. The van der Waals surface area contributed by atoms with E-state index in [-0.39, 0.29) is 0 Å². The fraction of sp³-hybridized carbons (Fsp3) is 0.438. The maximum atomic E-state index is 9.55. The highest BCUT2D eigenvalue weighted by atomic mass is 16.5. The van der Waals surface area contributed by atoms with Gasteiger partial charge in [-0.25, -0.2) is 0 Å². The Labute approximate surface area is 120 Å². The van der Waals surface area contributed by atoms with Gasteiger partial charge in [0.05, 0.1) is 11.8 Å². The molecule has 108 valence electrons. The molecule has 0 radical (unpaired) electrons. The van der Waals surface area contributed by atoms with Gasteiger partial charge in [-0.05, 0) is 44.0 Å². The van der Waals surface area contributed by atoms with Crippen LogP contribution >= 0.6 is 0 Å². The third kappa shape index (κ3) is 3.61. The molecule has 0 bridgehead atoms. The van der Waals surface area contributed by atoms with E-state index in [2.05, 4.69) is 18.9 Å². The van der Waals surface area contributed by atoms with E-state index < -0.39 is 6.10 Å². The van der Waals surface area contributed by atoms with Crippen LogP contribution < -0.4 is 4.74 Å². The van der Waals surface area contributed by atoms with Gasteiger partial charge in [-0.1, -0.05) is 19.1 Å². The van der Waals surface area contributed by atoms with Crippen molar-refractivity contribution < 1.29 is 9.84 Å². The number of aliphatic hydroxyl groups is 1. The zero-order valence-corrected chi connectivity index (χ0v) is 12.3. The van der Waals surface area contributed by atoms with Crippen LogP contribution in [0.1, 0.15) is 50.6 Å². The van der Waals surface area contributed by atoms with Gasteiger partial charge in [0.2, 0.25) is 0 Å². The number of hydrogen-bond donors (Lipinski definition) is 1. The molecule has 0 spiro atoms. The second-order valence-electron chi connectivity index (χ2n) is 5.08. The lowest BCUT2D eigenvalue weighted by Crippen LogP contribution is -2.05. The predicted molar refractivity (Wildman–Crippen MR) is 78.6 cm³/mol. The van der Waals surface area contributed by atoms with Gasteiger partial charge < -0.3 is 9.84 Å². The molecule has 1 N–H and O–H groups in total. The largest absolute Gasteiger partial charge is 0.487 e. The molecule has 2 aromatic rings. The second kappa shape index (κ2) is 6.57. The first-order valence-corrected chi connectivity index (χ1v) is 7.05. The lowest BCUT2D eigenvalue weighted by Gasteiger charge is -2.09. The van der Waals surface area contributed by atoms with E-state index in [0.717, 1.165) is 23.4 Å². The molecule has 0 saturated heterocycles. The van der Waals surface area contributed by atoms with E-state index >= 15 is 0 Å². The molecular formula is C16H22N2O2. The Balaban J connectivity index is 1.98. The minimum atomic E-state index is -0.483. The van der Waals surface area contributed by atoms with Gasteiger partial charge in [-0.2, -0.15) is 5.10 Å². The molecule has 0 aliphatic carbocycles. The van der Waals surface area contributed by atoms with Gasteiger partial charge in [-0.15, -0.1) is 0 Å². The topological polar surface area (TPSA) is 47.3 Å². The van der Waals surface area contributed by atoms with Crippen LogP contribution in [0, 0.1) is 0 Å². The SMILES string of the molecule is CCC(C)n1ccc(COc2cccc([C@H](C)O)c2)n1. The van der Waals surface area contributed by atoms with Crippen molar-refractivity contribution >= 4 is 0 Å². The Morgan fingerprint density at radius 2 is 2.10 bits per heavy atom. The summed E-state index contributed by atoms with van der Waals surface area (Å²) in [5, 5.41) is 14.0. The van der Waals surface area contributed by atoms with Crippen molar-refractivity contribution in [2.24, 2.45) is 0 Å². The van der Waals surface area contributed by atoms with E-state index in [4.69, 9.17) is 4.74 Å². The van der Waals surface area contributed by atoms with Crippen LogP contribution in [0.3, 0.4) is 0 Å². The maximum absolute atomic E-state index is 9.55. The van der Waals surface area contributed by atoms with Crippen molar-refractivity contribution in [3.05, 3.63) is 47.8 Å². The summed E-state index contributed by atoms with van der Waals surface area (Å²) in [4.78, 5) is 0. The Kier molecular flexibility index (Phi) is 4.79. The van der Waals surface area contributed by atoms with E-state index in [1.165, 1.54) is 0 Å². The molecule has 4 nitrogen and oxygen atoms in total. The first-order valence-electron chi connectivity index (χ1n) is 7.05. The minimum absolute atomic E-state index is 0.405.